The van der Waals surface area contributed by atoms with Crippen LogP contribution in [0.4, 0.5) is 4.79 Å². The Labute approximate surface area is 153 Å². The van der Waals surface area contributed by atoms with Crippen LogP contribution in [0.3, 0.4) is 0 Å². The highest BCUT2D eigenvalue weighted by Gasteiger charge is 2.34. The molecular weight excluding hydrogens is 334 g/mol. The van der Waals surface area contributed by atoms with Crippen molar-refractivity contribution >= 4 is 12.0 Å². The summed E-state index contributed by atoms with van der Waals surface area (Å²) in [5.74, 6) is 0.308. The van der Waals surface area contributed by atoms with Crippen LogP contribution in [-0.4, -0.2) is 50.3 Å². The van der Waals surface area contributed by atoms with Crippen molar-refractivity contribution in [1.82, 2.24) is 15.5 Å². The van der Waals surface area contributed by atoms with E-state index in [1.807, 2.05) is 24.3 Å². The van der Waals surface area contributed by atoms with Gasteiger partial charge in [0.05, 0.1) is 25.3 Å². The number of esters is 1. The number of carbonyl (C=O) groups excluding carboxylic acids is 2. The second kappa shape index (κ2) is 8.23. The van der Waals surface area contributed by atoms with Crippen molar-refractivity contribution in [2.24, 2.45) is 0 Å². The molecule has 2 aliphatic rings. The van der Waals surface area contributed by atoms with Gasteiger partial charge in [-0.1, -0.05) is 12.1 Å². The lowest BCUT2D eigenvalue weighted by Crippen LogP contribution is -2.48. The minimum Gasteiger partial charge on any atom is -0.497 e. The largest absolute Gasteiger partial charge is 0.497 e. The van der Waals surface area contributed by atoms with Gasteiger partial charge in [0, 0.05) is 12.2 Å². The third-order valence-electron chi connectivity index (χ3n) is 4.68. The van der Waals surface area contributed by atoms with Crippen LogP contribution >= 0.6 is 0 Å². The molecule has 3 rings (SSSR count). The minimum atomic E-state index is -0.550. The number of ether oxygens (including phenoxy) is 2. The van der Waals surface area contributed by atoms with Crippen molar-refractivity contribution in [2.75, 3.05) is 33.4 Å². The minimum absolute atomic E-state index is 0.280. The van der Waals surface area contributed by atoms with Crippen molar-refractivity contribution < 1.29 is 19.1 Å². The van der Waals surface area contributed by atoms with Crippen molar-refractivity contribution in [3.8, 4) is 5.75 Å². The first-order valence-corrected chi connectivity index (χ1v) is 8.96. The molecule has 1 unspecified atom stereocenters. The normalized spacial score (nSPS) is 20.5. The third kappa shape index (κ3) is 3.99. The molecule has 2 N–H and O–H groups in total. The number of hydrogen-bond donors (Lipinski definition) is 2. The number of amides is 2. The molecule has 1 atom stereocenters. The average molecular weight is 359 g/mol. The van der Waals surface area contributed by atoms with Crippen LogP contribution in [-0.2, 0) is 9.53 Å². The lowest BCUT2D eigenvalue weighted by molar-refractivity contribution is -0.139. The number of carbonyl (C=O) groups is 2. The van der Waals surface area contributed by atoms with Gasteiger partial charge in [0.15, 0.2) is 0 Å². The third-order valence-corrected chi connectivity index (χ3v) is 4.68. The zero-order chi connectivity index (χ0) is 18.5. The summed E-state index contributed by atoms with van der Waals surface area (Å²) >= 11 is 0. The molecule has 0 bridgehead atoms. The first-order chi connectivity index (χ1) is 12.6. The second-order valence-electron chi connectivity index (χ2n) is 6.40. The lowest BCUT2D eigenvalue weighted by Gasteiger charge is -2.31. The van der Waals surface area contributed by atoms with Crippen molar-refractivity contribution in [1.29, 1.82) is 0 Å². The zero-order valence-electron chi connectivity index (χ0n) is 15.2. The fraction of sp³-hybridized carbons (Fsp3) is 0.474. The van der Waals surface area contributed by atoms with Crippen molar-refractivity contribution in [3.05, 3.63) is 41.1 Å². The highest BCUT2D eigenvalue weighted by atomic mass is 16.5. The summed E-state index contributed by atoms with van der Waals surface area (Å²) < 4.78 is 10.5. The Balaban J connectivity index is 1.97. The summed E-state index contributed by atoms with van der Waals surface area (Å²) in [6, 6.07) is 6.46. The fourth-order valence-electron chi connectivity index (χ4n) is 3.40. The number of nitrogens with one attached hydrogen (secondary N) is 2. The molecule has 1 aromatic carbocycles. The molecule has 140 valence electrons. The molecule has 0 radical (unpaired) electrons. The Morgan fingerprint density at radius 1 is 1.23 bits per heavy atom. The smallest absolute Gasteiger partial charge is 0.338 e. The van der Waals surface area contributed by atoms with Gasteiger partial charge in [-0.25, -0.2) is 9.59 Å². The molecule has 0 aliphatic carbocycles. The van der Waals surface area contributed by atoms with Crippen LogP contribution in [0.2, 0.25) is 0 Å². The van der Waals surface area contributed by atoms with E-state index < -0.39 is 12.0 Å². The van der Waals surface area contributed by atoms with Gasteiger partial charge in [-0.05, 0) is 50.6 Å². The van der Waals surface area contributed by atoms with E-state index in [1.54, 1.807) is 14.0 Å². The Morgan fingerprint density at radius 2 is 1.92 bits per heavy atom. The van der Waals surface area contributed by atoms with E-state index in [0.29, 0.717) is 23.6 Å². The summed E-state index contributed by atoms with van der Waals surface area (Å²) in [5.41, 5.74) is 1.89. The van der Waals surface area contributed by atoms with E-state index in [0.717, 1.165) is 31.5 Å². The number of likely N-dealkylation sites (tertiary alicyclic amines) is 1. The molecule has 1 fully saturated rings. The standard InChI is InChI=1S/C19H25N3O4/c1-3-26-18(23)16-15(12-22-10-4-5-11-22)20-19(24)21-17(16)13-6-8-14(25-2)9-7-13/h6-9,17H,3-5,10-12H2,1-2H3,(H2,20,21,24). The number of nitrogens with zero attached hydrogens (tertiary/aromatic N) is 1. The predicted octanol–water partition coefficient (Wildman–Crippen LogP) is 1.96. The van der Waals surface area contributed by atoms with E-state index in [1.165, 1.54) is 0 Å². The van der Waals surface area contributed by atoms with Gasteiger partial charge in [-0.15, -0.1) is 0 Å². The van der Waals surface area contributed by atoms with Crippen LogP contribution in [0.25, 0.3) is 0 Å². The molecule has 2 amide bonds. The van der Waals surface area contributed by atoms with Gasteiger partial charge >= 0.3 is 12.0 Å². The first kappa shape index (κ1) is 18.3. The summed E-state index contributed by atoms with van der Waals surface area (Å²) in [6.07, 6.45) is 2.27. The van der Waals surface area contributed by atoms with Crippen LogP contribution in [0.5, 0.6) is 5.75 Å². The van der Waals surface area contributed by atoms with E-state index >= 15 is 0 Å². The first-order valence-electron chi connectivity index (χ1n) is 8.96. The van der Waals surface area contributed by atoms with Gasteiger partial charge in [-0.2, -0.15) is 0 Å². The van der Waals surface area contributed by atoms with Crippen molar-refractivity contribution in [3.63, 3.8) is 0 Å². The van der Waals surface area contributed by atoms with E-state index in [-0.39, 0.29) is 12.6 Å². The Hall–Kier alpha value is -2.54. The van der Waals surface area contributed by atoms with Gasteiger partial charge in [0.1, 0.15) is 5.75 Å². The molecule has 1 aromatic rings. The molecule has 7 heteroatoms. The maximum absolute atomic E-state index is 12.7. The average Bonchev–Trinajstić information content (AvgIpc) is 3.14. The molecule has 26 heavy (non-hydrogen) atoms. The monoisotopic (exact) mass is 359 g/mol. The summed E-state index contributed by atoms with van der Waals surface area (Å²) in [4.78, 5) is 27.2. The predicted molar refractivity (Wildman–Crippen MR) is 96.7 cm³/mol. The van der Waals surface area contributed by atoms with Gasteiger partial charge in [0.2, 0.25) is 0 Å². The molecule has 0 aromatic heterocycles. The maximum Gasteiger partial charge on any atom is 0.338 e. The fourth-order valence-corrected chi connectivity index (χ4v) is 3.40. The molecule has 7 nitrogen and oxygen atoms in total. The summed E-state index contributed by atoms with van der Waals surface area (Å²) in [6.45, 7) is 4.53. The van der Waals surface area contributed by atoms with Crippen LogP contribution < -0.4 is 15.4 Å². The Kier molecular flexibility index (Phi) is 5.78. The highest BCUT2D eigenvalue weighted by Crippen LogP contribution is 2.29. The second-order valence-corrected chi connectivity index (χ2v) is 6.40. The molecule has 2 heterocycles. The Morgan fingerprint density at radius 3 is 2.54 bits per heavy atom. The van der Waals surface area contributed by atoms with Gasteiger partial charge in [0.25, 0.3) is 0 Å². The number of hydrogen-bond acceptors (Lipinski definition) is 5. The van der Waals surface area contributed by atoms with E-state index in [2.05, 4.69) is 15.5 Å². The molecule has 1 saturated heterocycles. The van der Waals surface area contributed by atoms with Gasteiger partial charge in [-0.3, -0.25) is 4.90 Å². The van der Waals surface area contributed by atoms with Crippen LogP contribution in [0.1, 0.15) is 31.4 Å². The molecular formula is C19H25N3O4. The summed E-state index contributed by atoms with van der Waals surface area (Å²) in [5, 5.41) is 5.66. The number of rotatable bonds is 6. The molecule has 2 aliphatic heterocycles. The van der Waals surface area contributed by atoms with E-state index in [9.17, 15) is 9.59 Å². The van der Waals surface area contributed by atoms with Crippen LogP contribution in [0, 0.1) is 0 Å². The highest BCUT2D eigenvalue weighted by molar-refractivity contribution is 5.95. The van der Waals surface area contributed by atoms with Crippen molar-refractivity contribution in [2.45, 2.75) is 25.8 Å². The zero-order valence-corrected chi connectivity index (χ0v) is 15.2. The van der Waals surface area contributed by atoms with Gasteiger partial charge < -0.3 is 20.1 Å². The summed E-state index contributed by atoms with van der Waals surface area (Å²) in [7, 11) is 1.60. The number of urea groups is 1. The SMILES string of the molecule is CCOC(=O)C1=C(CN2CCCC2)NC(=O)NC1c1ccc(OC)cc1. The quantitative estimate of drug-likeness (QED) is 0.759. The number of benzene rings is 1. The lowest BCUT2D eigenvalue weighted by atomic mass is 9.95. The topological polar surface area (TPSA) is 79.9 Å². The van der Waals surface area contributed by atoms with Crippen LogP contribution in [0.15, 0.2) is 35.5 Å². The molecule has 0 saturated carbocycles. The molecule has 0 spiro atoms. The Bertz CT molecular complexity index is 693. The van der Waals surface area contributed by atoms with E-state index in [4.69, 9.17) is 9.47 Å². The maximum atomic E-state index is 12.7. The number of methoxy groups -OCH3 is 1.